The Morgan fingerprint density at radius 1 is 0.564 bits per heavy atom. The standard InChI is InChI=1S/C49H30F2N2OS/c1-49(51)21-20-46-40(27-49)37-25-31(13-17-45(37)54-46)52-41-8-4-2-6-33(41)35-22-28(10-15-43(35)52)29-11-16-44-36(23-29)34-7-3-5-9-42(34)53(44)32-14-19-48-39(26-32)38-24-30(50)12-18-47(38)55-48/h2-26H,27H2,1H3. The van der Waals surface area contributed by atoms with Gasteiger partial charge in [-0.25, -0.2) is 8.78 Å². The van der Waals surface area contributed by atoms with Gasteiger partial charge in [0.25, 0.3) is 0 Å². The quantitative estimate of drug-likeness (QED) is 0.177. The molecule has 12 rings (SSSR count). The van der Waals surface area contributed by atoms with Gasteiger partial charge in [-0.05, 0) is 121 Å². The fourth-order valence-electron chi connectivity index (χ4n) is 9.00. The Balaban J connectivity index is 1.01. The van der Waals surface area contributed by atoms with Crippen LogP contribution in [0.3, 0.4) is 0 Å². The topological polar surface area (TPSA) is 23.0 Å². The monoisotopic (exact) mass is 732 g/mol. The molecule has 0 fully saturated rings. The van der Waals surface area contributed by atoms with Crippen LogP contribution in [0.15, 0.2) is 150 Å². The SMILES string of the molecule is CC1(F)C=Cc2oc3ccc(-n4c5ccccc5c5cc(-c6ccc7c(c6)c6ccccc6n7-c6ccc7sc8ccc(F)cc8c7c6)ccc54)cc3c2C1. The molecule has 55 heavy (non-hydrogen) atoms. The van der Waals surface area contributed by atoms with E-state index in [1.54, 1.807) is 36.5 Å². The number of aromatic nitrogens is 2. The predicted octanol–water partition coefficient (Wildman–Crippen LogP) is 14.1. The van der Waals surface area contributed by atoms with E-state index < -0.39 is 5.67 Å². The first-order valence-electron chi connectivity index (χ1n) is 18.5. The van der Waals surface area contributed by atoms with Crippen molar-refractivity contribution in [2.45, 2.75) is 19.0 Å². The summed E-state index contributed by atoms with van der Waals surface area (Å²) in [6.45, 7) is 1.62. The molecule has 4 heterocycles. The summed E-state index contributed by atoms with van der Waals surface area (Å²) >= 11 is 1.69. The summed E-state index contributed by atoms with van der Waals surface area (Å²) in [4.78, 5) is 0. The molecule has 0 saturated heterocycles. The van der Waals surface area contributed by atoms with E-state index in [1.807, 2.05) is 12.1 Å². The molecule has 4 aromatic heterocycles. The minimum atomic E-state index is -1.41. The molecular weight excluding hydrogens is 703 g/mol. The molecule has 3 nitrogen and oxygen atoms in total. The van der Waals surface area contributed by atoms with E-state index in [4.69, 9.17) is 4.42 Å². The van der Waals surface area contributed by atoms with Crippen LogP contribution in [-0.4, -0.2) is 14.8 Å². The maximum atomic E-state index is 15.1. The molecular formula is C49H30F2N2OS. The number of rotatable bonds is 3. The molecule has 6 heteroatoms. The van der Waals surface area contributed by atoms with Gasteiger partial charge in [0.15, 0.2) is 0 Å². The number of benzene rings is 7. The van der Waals surface area contributed by atoms with Crippen LogP contribution < -0.4 is 0 Å². The highest BCUT2D eigenvalue weighted by atomic mass is 32.1. The van der Waals surface area contributed by atoms with Gasteiger partial charge in [0.2, 0.25) is 0 Å². The maximum absolute atomic E-state index is 15.1. The molecule has 1 atom stereocenters. The van der Waals surface area contributed by atoms with Gasteiger partial charge in [-0.15, -0.1) is 11.3 Å². The van der Waals surface area contributed by atoms with Crippen molar-refractivity contribution in [3.8, 4) is 22.5 Å². The Morgan fingerprint density at radius 2 is 1.13 bits per heavy atom. The smallest absolute Gasteiger partial charge is 0.135 e. The first-order chi connectivity index (χ1) is 26.9. The van der Waals surface area contributed by atoms with Gasteiger partial charge in [-0.1, -0.05) is 48.5 Å². The molecule has 0 saturated carbocycles. The first-order valence-corrected chi connectivity index (χ1v) is 19.3. The molecule has 1 aliphatic rings. The van der Waals surface area contributed by atoms with Crippen molar-refractivity contribution < 1.29 is 13.2 Å². The van der Waals surface area contributed by atoms with E-state index in [-0.39, 0.29) is 12.2 Å². The molecule has 262 valence electrons. The molecule has 0 radical (unpaired) electrons. The van der Waals surface area contributed by atoms with Crippen molar-refractivity contribution in [2.75, 3.05) is 0 Å². The highest BCUT2D eigenvalue weighted by Crippen LogP contribution is 2.42. The number of furan rings is 1. The molecule has 1 aliphatic carbocycles. The number of fused-ring (bicyclic) bond motifs is 12. The lowest BCUT2D eigenvalue weighted by Crippen LogP contribution is -2.20. The zero-order valence-corrected chi connectivity index (χ0v) is 30.4. The van der Waals surface area contributed by atoms with Crippen molar-refractivity contribution in [1.82, 2.24) is 9.13 Å². The summed E-state index contributed by atoms with van der Waals surface area (Å²) in [5.74, 6) is 0.520. The first kappa shape index (κ1) is 30.9. The van der Waals surface area contributed by atoms with Crippen LogP contribution >= 0.6 is 11.3 Å². The Hall–Kier alpha value is -6.50. The van der Waals surface area contributed by atoms with E-state index >= 15 is 4.39 Å². The third-order valence-electron chi connectivity index (χ3n) is 11.5. The summed E-state index contributed by atoms with van der Waals surface area (Å²) in [5.41, 5.74) is 9.07. The van der Waals surface area contributed by atoms with E-state index in [2.05, 4.69) is 124 Å². The summed E-state index contributed by atoms with van der Waals surface area (Å²) in [6, 6.07) is 48.4. The van der Waals surface area contributed by atoms with Gasteiger partial charge in [0, 0.05) is 70.5 Å². The Morgan fingerprint density at radius 3 is 1.80 bits per heavy atom. The van der Waals surface area contributed by atoms with Crippen molar-refractivity contribution in [1.29, 1.82) is 0 Å². The number of thiophene rings is 1. The zero-order chi connectivity index (χ0) is 36.6. The molecule has 0 amide bonds. The Bertz CT molecular complexity index is 3460. The van der Waals surface area contributed by atoms with Crippen molar-refractivity contribution in [2.24, 2.45) is 0 Å². The third-order valence-corrected chi connectivity index (χ3v) is 12.7. The van der Waals surface area contributed by atoms with Gasteiger partial charge in [0.1, 0.15) is 22.8 Å². The lowest BCUT2D eigenvalue weighted by atomic mass is 9.91. The summed E-state index contributed by atoms with van der Waals surface area (Å²) in [6.07, 6.45) is 3.65. The molecule has 11 aromatic rings. The lowest BCUT2D eigenvalue weighted by molar-refractivity contribution is 0.255. The normalized spacial score (nSPS) is 15.8. The van der Waals surface area contributed by atoms with Crippen LogP contribution in [0.2, 0.25) is 0 Å². The van der Waals surface area contributed by atoms with Crippen LogP contribution in [0.4, 0.5) is 8.78 Å². The molecule has 1 unspecified atom stereocenters. The number of para-hydroxylation sites is 2. The van der Waals surface area contributed by atoms with E-state index in [0.717, 1.165) is 92.4 Å². The number of hydrogen-bond acceptors (Lipinski definition) is 2. The number of nitrogens with zero attached hydrogens (tertiary/aromatic N) is 2. The van der Waals surface area contributed by atoms with Gasteiger partial charge in [0.05, 0.1) is 22.1 Å². The van der Waals surface area contributed by atoms with Crippen molar-refractivity contribution >= 4 is 92.2 Å². The van der Waals surface area contributed by atoms with E-state index in [9.17, 15) is 4.39 Å². The van der Waals surface area contributed by atoms with E-state index in [0.29, 0.717) is 0 Å². The average Bonchev–Trinajstić information content (AvgIpc) is 3.94. The van der Waals surface area contributed by atoms with Crippen LogP contribution in [0.1, 0.15) is 18.2 Å². The maximum Gasteiger partial charge on any atom is 0.135 e. The number of hydrogen-bond donors (Lipinski definition) is 0. The van der Waals surface area contributed by atoms with Gasteiger partial charge >= 0.3 is 0 Å². The molecule has 0 aliphatic heterocycles. The third kappa shape index (κ3) is 4.52. The number of alkyl halides is 1. The second-order valence-electron chi connectivity index (χ2n) is 15.0. The minimum absolute atomic E-state index is 0.219. The predicted molar refractivity (Wildman–Crippen MR) is 225 cm³/mol. The zero-order valence-electron chi connectivity index (χ0n) is 29.6. The Labute approximate surface area is 317 Å². The Kier molecular flexibility index (Phi) is 6.20. The average molecular weight is 733 g/mol. The van der Waals surface area contributed by atoms with E-state index in [1.165, 1.54) is 22.2 Å². The second kappa shape index (κ2) is 11.0. The fourth-order valence-corrected chi connectivity index (χ4v) is 10.1. The summed E-state index contributed by atoms with van der Waals surface area (Å²) in [7, 11) is 0. The largest absolute Gasteiger partial charge is 0.456 e. The molecule has 0 spiro atoms. The highest BCUT2D eigenvalue weighted by molar-refractivity contribution is 7.25. The fraction of sp³-hybridized carbons (Fsp3) is 0.0612. The number of halogens is 2. The van der Waals surface area contributed by atoms with Gasteiger partial charge in [-0.3, -0.25) is 0 Å². The van der Waals surface area contributed by atoms with Gasteiger partial charge < -0.3 is 13.6 Å². The minimum Gasteiger partial charge on any atom is -0.456 e. The molecule has 0 bridgehead atoms. The molecule has 7 aromatic carbocycles. The van der Waals surface area contributed by atoms with Crippen molar-refractivity contribution in [3.63, 3.8) is 0 Å². The van der Waals surface area contributed by atoms with Crippen LogP contribution in [-0.2, 0) is 6.42 Å². The second-order valence-corrected chi connectivity index (χ2v) is 16.1. The van der Waals surface area contributed by atoms with Crippen LogP contribution in [0.25, 0.3) is 103 Å². The lowest BCUT2D eigenvalue weighted by Gasteiger charge is -2.19. The van der Waals surface area contributed by atoms with Crippen LogP contribution in [0.5, 0.6) is 0 Å². The molecule has 0 N–H and O–H groups in total. The summed E-state index contributed by atoms with van der Waals surface area (Å²) in [5, 5.41) is 7.65. The summed E-state index contributed by atoms with van der Waals surface area (Å²) < 4.78 is 42.5. The number of allylic oxidation sites excluding steroid dienone is 1. The van der Waals surface area contributed by atoms with Gasteiger partial charge in [-0.2, -0.15) is 0 Å². The van der Waals surface area contributed by atoms with Crippen molar-refractivity contribution in [3.05, 3.63) is 163 Å². The van der Waals surface area contributed by atoms with Crippen LogP contribution in [0, 0.1) is 5.82 Å². The highest BCUT2D eigenvalue weighted by Gasteiger charge is 2.29.